The van der Waals surface area contributed by atoms with Gasteiger partial charge in [0, 0.05) is 0 Å². The van der Waals surface area contributed by atoms with Crippen molar-refractivity contribution < 1.29 is 22.1 Å². The number of rotatable bonds is 68. The maximum absolute atomic E-state index is 2.34. The summed E-state index contributed by atoms with van der Waals surface area (Å²) in [6.45, 7) is 9.34. The molecular weight excluding hydrogens is 929 g/mol. The van der Waals surface area contributed by atoms with Gasteiger partial charge in [-0.25, -0.2) is 0 Å². The fourth-order valence-corrected chi connectivity index (χ4v) is 21.5. The zero-order valence-electron chi connectivity index (χ0n) is 53.0. The van der Waals surface area contributed by atoms with Gasteiger partial charge in [-0.2, -0.15) is 0 Å². The van der Waals surface area contributed by atoms with Crippen LogP contribution in [-0.2, 0) is 22.1 Å². The molecule has 0 unspecified atom stereocenters. The third kappa shape index (κ3) is 63.5. The molecule has 74 heavy (non-hydrogen) atoms. The van der Waals surface area contributed by atoms with Crippen molar-refractivity contribution in [1.82, 2.24) is 0 Å². The molecule has 0 radical (unpaired) electrons. The topological polar surface area (TPSA) is 28.5 Å². The summed E-state index contributed by atoms with van der Waals surface area (Å²) in [6.07, 6.45) is 96.1. The van der Waals surface area contributed by atoms with Crippen LogP contribution in [0.5, 0.6) is 0 Å². The van der Waals surface area contributed by atoms with Crippen molar-refractivity contribution in [2.45, 2.75) is 458 Å². The zero-order chi connectivity index (χ0) is 52.6. The molecule has 0 aliphatic carbocycles. The van der Waals surface area contributed by atoms with Gasteiger partial charge < -0.3 is 5.48 Å². The van der Waals surface area contributed by atoms with Crippen LogP contribution in [0.2, 0.25) is 18.9 Å². The number of hydrogen-bond acceptors (Lipinski definition) is 0. The average Bonchev–Trinajstić information content (AvgIpc) is 3.40. The molecule has 0 aromatic heterocycles. The van der Waals surface area contributed by atoms with Crippen LogP contribution >= 0.6 is 0 Å². The predicted octanol–water partition coefficient (Wildman–Crippen LogP) is 28.7. The van der Waals surface area contributed by atoms with Crippen LogP contribution in [0.25, 0.3) is 0 Å². The second kappa shape index (κ2) is 69.8. The van der Waals surface area contributed by atoms with Crippen molar-refractivity contribution in [3.63, 3.8) is 0 Å². The molecule has 0 bridgehead atoms. The molecule has 1 nitrogen and oxygen atoms in total. The van der Waals surface area contributed by atoms with Gasteiger partial charge >= 0.3 is 318 Å². The van der Waals surface area contributed by atoms with Crippen LogP contribution < -0.4 is 0 Å². The van der Waals surface area contributed by atoms with E-state index in [2.05, 4.69) is 27.7 Å². The van der Waals surface area contributed by atoms with Gasteiger partial charge in [0.25, 0.3) is 0 Å². The molecular formula is C72H148OTi-2. The van der Waals surface area contributed by atoms with Crippen molar-refractivity contribution >= 4 is 0 Å². The first kappa shape index (κ1) is 76.7. The van der Waals surface area contributed by atoms with Gasteiger partial charge in [-0.1, -0.05) is 156 Å². The molecule has 0 aliphatic rings. The molecule has 0 aromatic rings. The van der Waals surface area contributed by atoms with Crippen molar-refractivity contribution in [1.29, 1.82) is 0 Å². The Morgan fingerprint density at radius 2 is 0.203 bits per heavy atom. The summed E-state index contributed by atoms with van der Waals surface area (Å²) in [4.78, 5) is 0. The van der Waals surface area contributed by atoms with Crippen molar-refractivity contribution in [2.75, 3.05) is 0 Å². The molecule has 2 heteroatoms. The second-order valence-corrected chi connectivity index (χ2v) is 33.5. The summed E-state index contributed by atoms with van der Waals surface area (Å²) in [7, 11) is 0. The molecule has 0 spiro atoms. The van der Waals surface area contributed by atoms with E-state index < -0.39 is 16.6 Å². The third-order valence-electron chi connectivity index (χ3n) is 18.2. The van der Waals surface area contributed by atoms with E-state index in [4.69, 9.17) is 0 Å². The molecule has 0 aliphatic heterocycles. The SMILES string of the molecule is CCCCCCCCCCCCCCCCC[CH2][Ti]([CH2]CCCCCCCCCCCCCCCCC)([CH2]CCCCCCCCCCCCCCCCC)[CH2]CCCCCCCCCCCCCCCCC.[O-2]. The fraction of sp³-hybridized carbons (Fsp3) is 1.00. The van der Waals surface area contributed by atoms with E-state index >= 15 is 0 Å². The first-order valence-electron chi connectivity index (χ1n) is 36.2. The van der Waals surface area contributed by atoms with Crippen molar-refractivity contribution in [3.05, 3.63) is 0 Å². The summed E-state index contributed by atoms with van der Waals surface area (Å²) in [5.74, 6) is 0. The molecule has 0 saturated heterocycles. The minimum absolute atomic E-state index is 0. The van der Waals surface area contributed by atoms with E-state index in [0.29, 0.717) is 0 Å². The summed E-state index contributed by atoms with van der Waals surface area (Å²) in [5.41, 5.74) is 0. The maximum atomic E-state index is 2.34. The first-order chi connectivity index (χ1) is 36.2. The number of hydrogen-bond donors (Lipinski definition) is 0. The van der Waals surface area contributed by atoms with Crippen molar-refractivity contribution in [3.8, 4) is 0 Å². The summed E-state index contributed by atoms with van der Waals surface area (Å²) < 4.78 is 6.98. The molecule has 0 N–H and O–H groups in total. The average molecular weight is 1080 g/mol. The quantitative estimate of drug-likeness (QED) is 0.0429. The Labute approximate surface area is 476 Å². The van der Waals surface area contributed by atoms with E-state index in [1.165, 1.54) is 360 Å². The Kier molecular flexibility index (Phi) is 72.4. The zero-order valence-corrected chi connectivity index (χ0v) is 54.6. The Hall–Kier alpha value is 0.674. The van der Waals surface area contributed by atoms with Crippen LogP contribution in [0.1, 0.15) is 439 Å². The predicted molar refractivity (Wildman–Crippen MR) is 338 cm³/mol. The van der Waals surface area contributed by atoms with Gasteiger partial charge in [0.05, 0.1) is 0 Å². The minimum atomic E-state index is -1.88. The van der Waals surface area contributed by atoms with E-state index in [1.807, 2.05) is 0 Å². The fourth-order valence-electron chi connectivity index (χ4n) is 12.9. The smallest absolute Gasteiger partial charge is 2.00 e. The molecule has 0 rings (SSSR count). The van der Waals surface area contributed by atoms with Gasteiger partial charge in [-0.15, -0.1) is 0 Å². The molecule has 0 fully saturated rings. The minimum Gasteiger partial charge on any atom is -2.00 e. The van der Waals surface area contributed by atoms with Gasteiger partial charge in [-0.05, 0) is 0 Å². The molecule has 448 valence electrons. The van der Waals surface area contributed by atoms with E-state index in [-0.39, 0.29) is 5.48 Å². The Morgan fingerprint density at radius 1 is 0.122 bits per heavy atom. The number of unbranched alkanes of at least 4 members (excludes halogenated alkanes) is 60. The standard InChI is InChI=1S/4C18H37.O.Ti/c4*1-3-5-7-9-11-13-15-17-18-16-14-12-10-8-6-4-2;;/h4*1,3-18H2,2H3;;/q;;;;-2;. The summed E-state index contributed by atoms with van der Waals surface area (Å²) in [6, 6.07) is 0. The molecule has 0 aromatic carbocycles. The van der Waals surface area contributed by atoms with E-state index in [0.717, 1.165) is 0 Å². The molecule has 0 amide bonds. The van der Waals surface area contributed by atoms with Gasteiger partial charge in [0.1, 0.15) is 0 Å². The van der Waals surface area contributed by atoms with E-state index in [1.54, 1.807) is 70.3 Å². The third-order valence-corrected chi connectivity index (χ3v) is 27.1. The molecule has 0 atom stereocenters. The Bertz CT molecular complexity index is 783. The normalized spacial score (nSPS) is 11.8. The van der Waals surface area contributed by atoms with E-state index in [9.17, 15) is 0 Å². The van der Waals surface area contributed by atoms with Crippen LogP contribution in [0.4, 0.5) is 0 Å². The Balaban J connectivity index is 0. The van der Waals surface area contributed by atoms with Crippen LogP contribution in [-0.4, -0.2) is 0 Å². The summed E-state index contributed by atoms with van der Waals surface area (Å²) in [5, 5.41) is 0. The molecule has 0 saturated carbocycles. The van der Waals surface area contributed by atoms with Crippen LogP contribution in [0.3, 0.4) is 0 Å². The first-order valence-corrected chi connectivity index (χ1v) is 40.7. The Morgan fingerprint density at radius 3 is 0.297 bits per heavy atom. The van der Waals surface area contributed by atoms with Crippen LogP contribution in [0.15, 0.2) is 0 Å². The van der Waals surface area contributed by atoms with Crippen LogP contribution in [0, 0.1) is 0 Å². The van der Waals surface area contributed by atoms with Crippen molar-refractivity contribution in [2.24, 2.45) is 0 Å². The van der Waals surface area contributed by atoms with Gasteiger partial charge in [0.2, 0.25) is 0 Å². The van der Waals surface area contributed by atoms with Gasteiger partial charge in [-0.3, -0.25) is 0 Å². The second-order valence-electron chi connectivity index (χ2n) is 25.7. The van der Waals surface area contributed by atoms with Gasteiger partial charge in [0.15, 0.2) is 0 Å². The monoisotopic (exact) mass is 1080 g/mol. The summed E-state index contributed by atoms with van der Waals surface area (Å²) >= 11 is -1.88. The molecule has 0 heterocycles.